The fourth-order valence-electron chi connectivity index (χ4n) is 0.718. The van der Waals surface area contributed by atoms with Gasteiger partial charge in [-0.05, 0) is 12.1 Å². The van der Waals surface area contributed by atoms with Crippen molar-refractivity contribution in [3.8, 4) is 0 Å². The van der Waals surface area contributed by atoms with Gasteiger partial charge in [0.1, 0.15) is 0 Å². The van der Waals surface area contributed by atoms with Crippen molar-refractivity contribution in [1.29, 1.82) is 0 Å². The van der Waals surface area contributed by atoms with Crippen molar-refractivity contribution in [3.63, 3.8) is 0 Å². The van der Waals surface area contributed by atoms with Crippen molar-refractivity contribution in [1.82, 2.24) is 6.15 Å². The minimum Gasteiger partial charge on any atom is -1.00 e. The molecule has 0 heterocycles. The molecule has 16 heavy (non-hydrogen) atoms. The number of carbonyl (C=O) groups excluding carboxylic acids is 1. The van der Waals surface area contributed by atoms with E-state index in [-0.39, 0.29) is 73.7 Å². The second-order valence-corrected chi connectivity index (χ2v) is 3.19. The number of carbonyl (C=O) groups is 1. The van der Waals surface area contributed by atoms with E-state index >= 15 is 0 Å². The number of hydrogen-bond donors (Lipinski definition) is 2. The number of benzene rings is 1. The molecule has 0 aromatic heterocycles. The third kappa shape index (κ3) is 8.68. The second kappa shape index (κ2) is 9.58. The molecule has 0 spiro atoms. The summed E-state index contributed by atoms with van der Waals surface area (Å²) in [6.45, 7) is 0. The Hall–Kier alpha value is 0.560. The van der Waals surface area contributed by atoms with Gasteiger partial charge in [-0.3, -0.25) is 4.55 Å². The summed E-state index contributed by atoms with van der Waals surface area (Å²) in [5.74, 6) is -1.11. The van der Waals surface area contributed by atoms with E-state index < -0.39 is 16.4 Å². The average molecular weight is 267 g/mol. The zero-order chi connectivity index (χ0) is 9.90. The molecule has 0 radical (unpaired) electrons. The molecule has 0 saturated carbocycles. The zero-order valence-electron chi connectivity index (χ0n) is 11.1. The van der Waals surface area contributed by atoms with E-state index in [0.29, 0.717) is 0 Å². The largest absolute Gasteiger partial charge is 1.00 e. The molecule has 0 fully saturated rings. The van der Waals surface area contributed by atoms with E-state index in [4.69, 9.17) is 4.55 Å². The molecule has 6 nitrogen and oxygen atoms in total. The van der Waals surface area contributed by atoms with E-state index in [1.54, 1.807) is 18.2 Å². The van der Waals surface area contributed by atoms with Gasteiger partial charge in [-0.2, -0.15) is 8.42 Å². The molecule has 4 N–H and O–H groups in total. The Labute approximate surface area is 141 Å². The maximum Gasteiger partial charge on any atom is 1.00 e. The van der Waals surface area contributed by atoms with Crippen molar-refractivity contribution in [3.05, 3.63) is 35.9 Å². The number of hydrogen-bond acceptors (Lipinski definition) is 5. The molecule has 0 aliphatic heterocycles. The Morgan fingerprint density at radius 3 is 2.00 bits per heavy atom. The van der Waals surface area contributed by atoms with E-state index in [1.807, 2.05) is 0 Å². The van der Waals surface area contributed by atoms with Gasteiger partial charge >= 0.3 is 75.5 Å². The second-order valence-electron chi connectivity index (χ2n) is 2.16. The summed E-state index contributed by atoms with van der Waals surface area (Å²) >= 11 is 0. The van der Waals surface area contributed by atoms with Crippen LogP contribution in [-0.4, -0.2) is 18.9 Å². The molecule has 1 aromatic carbocycles. The molecule has 1 rings (SSSR count). The van der Waals surface area contributed by atoms with Crippen LogP contribution in [0.15, 0.2) is 30.3 Å². The van der Waals surface area contributed by atoms with Crippen molar-refractivity contribution in [2.45, 2.75) is 0 Å². The molecule has 0 unspecified atom stereocenters. The molecular weight excluding hydrogens is 256 g/mol. The molecule has 0 aliphatic carbocycles. The first-order valence-corrected chi connectivity index (χ1v) is 4.62. The molecule has 0 saturated heterocycles. The minimum absolute atomic E-state index is 0. The van der Waals surface area contributed by atoms with Gasteiger partial charge in [-0.1, -0.05) is 18.2 Å². The predicted octanol–water partition coefficient (Wildman–Crippen LogP) is -4.96. The van der Waals surface area contributed by atoms with Crippen LogP contribution < -0.4 is 65.3 Å². The maximum absolute atomic E-state index is 10.9. The molecule has 1 aromatic rings. The van der Waals surface area contributed by atoms with Crippen molar-refractivity contribution < 1.29 is 83.9 Å². The predicted molar refractivity (Wildman–Crippen MR) is 50.7 cm³/mol. The fraction of sp³-hybridized carbons (Fsp3) is 0. The maximum atomic E-state index is 10.9. The van der Waals surface area contributed by atoms with Crippen LogP contribution in [-0.2, 0) is 14.6 Å². The van der Waals surface area contributed by atoms with Gasteiger partial charge in [0.25, 0.3) is 0 Å². The Morgan fingerprint density at radius 2 is 1.62 bits per heavy atom. The van der Waals surface area contributed by atoms with Crippen LogP contribution in [0.1, 0.15) is 13.2 Å². The van der Waals surface area contributed by atoms with Crippen LogP contribution in [0, 0.1) is 0 Å². The van der Waals surface area contributed by atoms with E-state index in [0.717, 1.165) is 0 Å². The third-order valence-corrected chi connectivity index (χ3v) is 1.55. The Balaban J connectivity index is -0.000000113. The molecule has 0 amide bonds. The summed E-state index contributed by atoms with van der Waals surface area (Å²) in [7, 11) is -4.72. The summed E-state index contributed by atoms with van der Waals surface area (Å²) in [4.78, 5) is 10.9. The van der Waals surface area contributed by atoms with Gasteiger partial charge in [0.2, 0.25) is 0 Å². The van der Waals surface area contributed by atoms with Crippen LogP contribution >= 0.6 is 0 Å². The standard InChI is InChI=1S/C7H6O5S.H3N.2Na.2H/c8-7(12-13(9,10)11)6-4-2-1-3-5-6;;;;;/h1-5H,(H,9,10,11);1H3;;;;/q;;2*+1;2*-1. The van der Waals surface area contributed by atoms with Gasteiger partial charge in [-0.25, -0.2) is 4.79 Å². The van der Waals surface area contributed by atoms with Crippen molar-refractivity contribution in [2.75, 3.05) is 0 Å². The van der Waals surface area contributed by atoms with E-state index in [1.165, 1.54) is 12.1 Å². The first-order valence-electron chi connectivity index (χ1n) is 3.25. The molecule has 0 aliphatic rings. The van der Waals surface area contributed by atoms with Gasteiger partial charge in [0, 0.05) is 0 Å². The topological polar surface area (TPSA) is 116 Å². The number of rotatable bonds is 2. The van der Waals surface area contributed by atoms with Gasteiger partial charge < -0.3 is 13.2 Å². The minimum atomic E-state index is -4.72. The summed E-state index contributed by atoms with van der Waals surface area (Å²) in [6, 6.07) is 7.48. The normalized spacial score (nSPS) is 8.81. The van der Waals surface area contributed by atoms with E-state index in [2.05, 4.69) is 4.18 Å². The summed E-state index contributed by atoms with van der Waals surface area (Å²) < 4.78 is 32.1. The average Bonchev–Trinajstić information content (AvgIpc) is 2.03. The van der Waals surface area contributed by atoms with Crippen LogP contribution in [0.4, 0.5) is 0 Å². The molecule has 0 bridgehead atoms. The molecule has 9 heteroatoms. The summed E-state index contributed by atoms with van der Waals surface area (Å²) in [5, 5.41) is 0. The van der Waals surface area contributed by atoms with Crippen molar-refractivity contribution in [2.24, 2.45) is 0 Å². The van der Waals surface area contributed by atoms with Crippen LogP contribution in [0.5, 0.6) is 0 Å². The first-order chi connectivity index (χ1) is 5.99. The van der Waals surface area contributed by atoms with Gasteiger partial charge in [-0.15, -0.1) is 0 Å². The third-order valence-electron chi connectivity index (χ3n) is 1.19. The van der Waals surface area contributed by atoms with E-state index in [9.17, 15) is 13.2 Å². The molecule has 0 atom stereocenters. The quantitative estimate of drug-likeness (QED) is 0.409. The Morgan fingerprint density at radius 1 is 1.19 bits per heavy atom. The summed E-state index contributed by atoms with van der Waals surface area (Å²) in [5.41, 5.74) is 0.0557. The zero-order valence-corrected chi connectivity index (χ0v) is 13.9. The molecular formula is C7H11NNa2O5S. The smallest absolute Gasteiger partial charge is 1.00 e. The SMILES string of the molecule is N.O=C(OS(=O)(=O)O)c1ccccc1.[H-].[H-].[Na+].[Na+]. The fourth-order valence-corrected chi connectivity index (χ4v) is 1.01. The van der Waals surface area contributed by atoms with Crippen molar-refractivity contribution >= 4 is 16.4 Å². The van der Waals surface area contributed by atoms with Crippen LogP contribution in [0.2, 0.25) is 0 Å². The Bertz CT molecular complexity index is 417. The van der Waals surface area contributed by atoms with Crippen LogP contribution in [0.3, 0.4) is 0 Å². The molecule has 82 valence electrons. The Kier molecular flexibility index (Phi) is 13.1. The monoisotopic (exact) mass is 267 g/mol. The van der Waals surface area contributed by atoms with Gasteiger partial charge in [0.05, 0.1) is 5.56 Å². The van der Waals surface area contributed by atoms with Gasteiger partial charge in [0.15, 0.2) is 0 Å². The first kappa shape index (κ1) is 21.8. The summed E-state index contributed by atoms with van der Waals surface area (Å²) in [6.07, 6.45) is 0. The van der Waals surface area contributed by atoms with Crippen LogP contribution in [0.25, 0.3) is 0 Å².